The van der Waals surface area contributed by atoms with Crippen LogP contribution in [0.15, 0.2) is 77.7 Å². The van der Waals surface area contributed by atoms with Gasteiger partial charge in [-0.2, -0.15) is 0 Å². The maximum atomic E-state index is 13.3. The smallest absolute Gasteiger partial charge is 0.264 e. The summed E-state index contributed by atoms with van der Waals surface area (Å²) in [6, 6.07) is 21.5. The Morgan fingerprint density at radius 2 is 1.71 bits per heavy atom. The molecular formula is C25H26N2O3S. The molecule has 0 aromatic heterocycles. The van der Waals surface area contributed by atoms with E-state index < -0.39 is 10.0 Å². The number of carbonyl (C=O) groups is 1. The average molecular weight is 435 g/mol. The highest BCUT2D eigenvalue weighted by atomic mass is 32.2. The van der Waals surface area contributed by atoms with Gasteiger partial charge < -0.3 is 4.90 Å². The topological polar surface area (TPSA) is 57.7 Å². The Bertz CT molecular complexity index is 1220. The lowest BCUT2D eigenvalue weighted by Crippen LogP contribution is -2.36. The normalized spacial score (nSPS) is 16.0. The lowest BCUT2D eigenvalue weighted by Gasteiger charge is -2.33. The summed E-state index contributed by atoms with van der Waals surface area (Å²) in [7, 11) is -2.27. The van der Waals surface area contributed by atoms with Gasteiger partial charge in [-0.3, -0.25) is 9.10 Å². The third-order valence-corrected chi connectivity index (χ3v) is 7.71. The van der Waals surface area contributed by atoms with Gasteiger partial charge in [0.15, 0.2) is 0 Å². The number of rotatable bonds is 4. The minimum Gasteiger partial charge on any atom is -0.308 e. The highest BCUT2D eigenvalue weighted by Crippen LogP contribution is 2.35. The number of nitrogens with zero attached hydrogens (tertiary/aromatic N) is 2. The van der Waals surface area contributed by atoms with Gasteiger partial charge >= 0.3 is 0 Å². The van der Waals surface area contributed by atoms with Gasteiger partial charge in [0.2, 0.25) is 0 Å². The summed E-state index contributed by atoms with van der Waals surface area (Å²) in [6.07, 6.45) is 0.872. The molecule has 3 aromatic carbocycles. The van der Waals surface area contributed by atoms with E-state index in [-0.39, 0.29) is 10.8 Å². The van der Waals surface area contributed by atoms with Crippen LogP contribution in [0.5, 0.6) is 0 Å². The Morgan fingerprint density at radius 1 is 1.00 bits per heavy atom. The van der Waals surface area contributed by atoms with E-state index in [9.17, 15) is 13.2 Å². The molecule has 0 N–H and O–H groups in total. The van der Waals surface area contributed by atoms with Gasteiger partial charge in [0.05, 0.1) is 10.6 Å². The third kappa shape index (κ3) is 3.95. The van der Waals surface area contributed by atoms with Crippen LogP contribution in [0.25, 0.3) is 0 Å². The predicted molar refractivity (Wildman–Crippen MR) is 124 cm³/mol. The summed E-state index contributed by atoms with van der Waals surface area (Å²) in [5.41, 5.74) is 4.03. The zero-order valence-corrected chi connectivity index (χ0v) is 18.8. The monoisotopic (exact) mass is 434 g/mol. The highest BCUT2D eigenvalue weighted by molar-refractivity contribution is 7.92. The molecule has 1 amide bonds. The molecule has 1 aliphatic rings. The van der Waals surface area contributed by atoms with Crippen molar-refractivity contribution in [1.29, 1.82) is 0 Å². The number of fused-ring (bicyclic) bond motifs is 1. The molecule has 1 heterocycles. The quantitative estimate of drug-likeness (QED) is 0.582. The van der Waals surface area contributed by atoms with Crippen molar-refractivity contribution in [2.45, 2.75) is 31.1 Å². The molecule has 0 radical (unpaired) electrons. The molecule has 0 fully saturated rings. The van der Waals surface area contributed by atoms with E-state index >= 15 is 0 Å². The molecule has 1 unspecified atom stereocenters. The first-order chi connectivity index (χ1) is 14.8. The van der Waals surface area contributed by atoms with E-state index in [0.717, 1.165) is 23.2 Å². The predicted octanol–water partition coefficient (Wildman–Crippen LogP) is 4.97. The Kier molecular flexibility index (Phi) is 5.58. The van der Waals surface area contributed by atoms with E-state index in [1.807, 2.05) is 37.3 Å². The van der Waals surface area contributed by atoms with E-state index in [2.05, 4.69) is 13.0 Å². The van der Waals surface area contributed by atoms with Crippen molar-refractivity contribution in [3.05, 3.63) is 89.5 Å². The fraction of sp³-hybridized carbons (Fsp3) is 0.240. The minimum absolute atomic E-state index is 0.0973. The van der Waals surface area contributed by atoms with E-state index in [0.29, 0.717) is 23.7 Å². The van der Waals surface area contributed by atoms with Crippen molar-refractivity contribution in [3.63, 3.8) is 0 Å². The van der Waals surface area contributed by atoms with E-state index in [1.165, 1.54) is 23.5 Å². The van der Waals surface area contributed by atoms with Crippen LogP contribution in [-0.2, 0) is 10.0 Å². The van der Waals surface area contributed by atoms with E-state index in [1.54, 1.807) is 29.2 Å². The maximum absolute atomic E-state index is 13.3. The number of aryl methyl sites for hydroxylation is 1. The SMILES string of the molecule is Cc1ccc(N(C)S(=O)(=O)c2cccc(C(=O)N3CCC(C)c4ccccc43)c2)cc1. The first-order valence-corrected chi connectivity index (χ1v) is 11.8. The van der Waals surface area contributed by atoms with E-state index in [4.69, 9.17) is 0 Å². The maximum Gasteiger partial charge on any atom is 0.264 e. The zero-order chi connectivity index (χ0) is 22.2. The Labute approximate surface area is 184 Å². The number of carbonyl (C=O) groups excluding carboxylic acids is 1. The van der Waals surface area contributed by atoms with Crippen molar-refractivity contribution in [3.8, 4) is 0 Å². The molecule has 0 saturated carbocycles. The van der Waals surface area contributed by atoms with Crippen LogP contribution >= 0.6 is 0 Å². The van der Waals surface area contributed by atoms with Crippen molar-refractivity contribution >= 4 is 27.3 Å². The van der Waals surface area contributed by atoms with Crippen LogP contribution in [0.2, 0.25) is 0 Å². The van der Waals surface area contributed by atoms with Crippen LogP contribution < -0.4 is 9.21 Å². The molecule has 31 heavy (non-hydrogen) atoms. The molecule has 160 valence electrons. The van der Waals surface area contributed by atoms with Crippen molar-refractivity contribution in [2.24, 2.45) is 0 Å². The first kappa shape index (κ1) is 21.1. The second-order valence-corrected chi connectivity index (χ2v) is 10.0. The molecule has 0 aliphatic carbocycles. The molecule has 6 heteroatoms. The van der Waals surface area contributed by atoms with Crippen LogP contribution in [0.3, 0.4) is 0 Å². The van der Waals surface area contributed by atoms with Crippen LogP contribution in [0.4, 0.5) is 11.4 Å². The zero-order valence-electron chi connectivity index (χ0n) is 17.9. The summed E-state index contributed by atoms with van der Waals surface area (Å²) in [4.78, 5) is 15.2. The lowest BCUT2D eigenvalue weighted by atomic mass is 9.91. The van der Waals surface area contributed by atoms with Crippen LogP contribution in [0, 0.1) is 6.92 Å². The van der Waals surface area contributed by atoms with Crippen molar-refractivity contribution in [2.75, 3.05) is 22.8 Å². The Hall–Kier alpha value is -3.12. The molecule has 0 saturated heterocycles. The summed E-state index contributed by atoms with van der Waals surface area (Å²) < 4.78 is 27.7. The molecule has 1 atom stereocenters. The summed E-state index contributed by atoms with van der Waals surface area (Å²) in [5, 5.41) is 0. The molecular weight excluding hydrogens is 408 g/mol. The Balaban J connectivity index is 1.66. The molecule has 3 aromatic rings. The van der Waals surface area contributed by atoms with Gasteiger partial charge in [-0.1, -0.05) is 48.9 Å². The number of sulfonamides is 1. The number of para-hydroxylation sites is 1. The fourth-order valence-electron chi connectivity index (χ4n) is 3.96. The second kappa shape index (κ2) is 8.19. The first-order valence-electron chi connectivity index (χ1n) is 10.4. The number of anilines is 2. The molecule has 1 aliphatic heterocycles. The Morgan fingerprint density at radius 3 is 2.45 bits per heavy atom. The second-order valence-electron chi connectivity index (χ2n) is 8.04. The van der Waals surface area contributed by atoms with Crippen LogP contribution in [0.1, 0.15) is 40.7 Å². The number of hydrogen-bond donors (Lipinski definition) is 0. The largest absolute Gasteiger partial charge is 0.308 e. The lowest BCUT2D eigenvalue weighted by molar-refractivity contribution is 0.0984. The van der Waals surface area contributed by atoms with Gasteiger partial charge in [0, 0.05) is 24.8 Å². The van der Waals surface area contributed by atoms with Gasteiger partial charge in [0.1, 0.15) is 0 Å². The number of benzene rings is 3. The van der Waals surface area contributed by atoms with Gasteiger partial charge in [0.25, 0.3) is 15.9 Å². The molecule has 4 rings (SSSR count). The average Bonchev–Trinajstić information content (AvgIpc) is 2.79. The summed E-state index contributed by atoms with van der Waals surface area (Å²) in [6.45, 7) is 4.72. The van der Waals surface area contributed by atoms with Crippen molar-refractivity contribution < 1.29 is 13.2 Å². The van der Waals surface area contributed by atoms with Gasteiger partial charge in [-0.05, 0) is 61.2 Å². The number of hydrogen-bond acceptors (Lipinski definition) is 3. The third-order valence-electron chi connectivity index (χ3n) is 5.93. The van der Waals surface area contributed by atoms with Crippen LogP contribution in [-0.4, -0.2) is 27.9 Å². The fourth-order valence-corrected chi connectivity index (χ4v) is 5.20. The minimum atomic E-state index is -3.80. The molecule has 5 nitrogen and oxygen atoms in total. The molecule has 0 spiro atoms. The number of amides is 1. The summed E-state index contributed by atoms with van der Waals surface area (Å²) in [5.74, 6) is 0.199. The van der Waals surface area contributed by atoms with Crippen molar-refractivity contribution in [1.82, 2.24) is 0 Å². The van der Waals surface area contributed by atoms with Gasteiger partial charge in [-0.25, -0.2) is 8.42 Å². The molecule has 0 bridgehead atoms. The highest BCUT2D eigenvalue weighted by Gasteiger charge is 2.28. The van der Waals surface area contributed by atoms with Gasteiger partial charge in [-0.15, -0.1) is 0 Å². The standard InChI is InChI=1S/C25H26N2O3S/c1-18-11-13-21(14-12-18)26(3)31(29,30)22-8-6-7-20(17-22)25(28)27-16-15-19(2)23-9-4-5-10-24(23)27/h4-14,17,19H,15-16H2,1-3H3. The summed E-state index contributed by atoms with van der Waals surface area (Å²) >= 11 is 0.